The summed E-state index contributed by atoms with van der Waals surface area (Å²) in [6.45, 7) is 4.50. The molecule has 0 radical (unpaired) electrons. The maximum Gasteiger partial charge on any atom is 0.251 e. The van der Waals surface area contributed by atoms with Crippen LogP contribution in [-0.2, 0) is 6.54 Å². The van der Waals surface area contributed by atoms with Crippen molar-refractivity contribution in [3.05, 3.63) is 59.4 Å². The number of aromatic nitrogens is 3. The molecule has 0 fully saturated rings. The fraction of sp³-hybridized carbons (Fsp3) is 0.286. The normalized spacial score (nSPS) is 12.0. The van der Waals surface area contributed by atoms with Crippen LogP contribution in [0.5, 0.6) is 0 Å². The molecule has 7 heteroatoms. The molecule has 0 saturated carbocycles. The van der Waals surface area contributed by atoms with Crippen LogP contribution in [0.4, 0.5) is 0 Å². The van der Waals surface area contributed by atoms with Gasteiger partial charge in [0.25, 0.3) is 5.91 Å². The number of aliphatic hydroxyl groups is 1. The molecule has 0 aliphatic carbocycles. The molecular weight excluding hydrogens is 376 g/mol. The lowest BCUT2D eigenvalue weighted by molar-refractivity contribution is 0.0922. The molecule has 0 bridgehead atoms. The number of benzene rings is 1. The van der Waals surface area contributed by atoms with Crippen LogP contribution in [0.25, 0.3) is 22.5 Å². The van der Waals surface area contributed by atoms with E-state index in [2.05, 4.69) is 22.3 Å². The first kappa shape index (κ1) is 20.0. The highest BCUT2D eigenvalue weighted by molar-refractivity contribution is 6.30. The van der Waals surface area contributed by atoms with E-state index in [9.17, 15) is 9.90 Å². The monoisotopic (exact) mass is 398 g/mol. The topological polar surface area (TPSA) is 80.0 Å². The average Bonchev–Trinajstić information content (AvgIpc) is 3.16. The molecule has 6 nitrogen and oxygen atoms in total. The molecule has 0 aliphatic heterocycles. The standard InChI is InChI=1S/C21H23ClN4O2/c1-3-8-26-20(6-7-24-26)16-9-15(19-5-4-18(22)12-23-19)10-17(11-16)21(28)25-14(2)13-27/h4-7,9-12,14,27H,3,8,13H2,1-2H3,(H,25,28). The van der Waals surface area contributed by atoms with Crippen molar-refractivity contribution >= 4 is 17.5 Å². The zero-order valence-electron chi connectivity index (χ0n) is 15.9. The van der Waals surface area contributed by atoms with Crippen LogP contribution in [0.2, 0.25) is 5.02 Å². The molecule has 1 amide bonds. The van der Waals surface area contributed by atoms with E-state index in [1.165, 1.54) is 0 Å². The average molecular weight is 399 g/mol. The molecule has 0 spiro atoms. The number of halogens is 1. The molecule has 0 aliphatic rings. The third-order valence-electron chi connectivity index (χ3n) is 4.32. The van der Waals surface area contributed by atoms with E-state index in [-0.39, 0.29) is 18.6 Å². The summed E-state index contributed by atoms with van der Waals surface area (Å²) in [4.78, 5) is 17.1. The van der Waals surface area contributed by atoms with Crippen LogP contribution in [0, 0.1) is 0 Å². The zero-order chi connectivity index (χ0) is 20.1. The van der Waals surface area contributed by atoms with Crippen molar-refractivity contribution in [3.63, 3.8) is 0 Å². The molecule has 3 rings (SSSR count). The lowest BCUT2D eigenvalue weighted by Gasteiger charge is -2.14. The SMILES string of the molecule is CCCn1nccc1-c1cc(C(=O)NC(C)CO)cc(-c2ccc(Cl)cn2)c1. The molecule has 2 heterocycles. The predicted molar refractivity (Wildman–Crippen MR) is 110 cm³/mol. The number of hydrogen-bond donors (Lipinski definition) is 2. The van der Waals surface area contributed by atoms with Gasteiger partial charge in [0.05, 0.1) is 23.0 Å². The van der Waals surface area contributed by atoms with E-state index in [1.807, 2.05) is 28.9 Å². The number of carbonyl (C=O) groups excluding carboxylic acids is 1. The third-order valence-corrected chi connectivity index (χ3v) is 4.54. The van der Waals surface area contributed by atoms with Gasteiger partial charge in [0.2, 0.25) is 0 Å². The quantitative estimate of drug-likeness (QED) is 0.634. The lowest BCUT2D eigenvalue weighted by atomic mass is 10.0. The van der Waals surface area contributed by atoms with E-state index < -0.39 is 0 Å². The van der Waals surface area contributed by atoms with Crippen LogP contribution in [-0.4, -0.2) is 38.4 Å². The van der Waals surface area contributed by atoms with E-state index >= 15 is 0 Å². The van der Waals surface area contributed by atoms with Crippen molar-refractivity contribution in [2.75, 3.05) is 6.61 Å². The maximum absolute atomic E-state index is 12.7. The number of pyridine rings is 1. The van der Waals surface area contributed by atoms with E-state index in [0.29, 0.717) is 10.6 Å². The fourth-order valence-corrected chi connectivity index (χ4v) is 3.03. The van der Waals surface area contributed by atoms with Gasteiger partial charge in [0, 0.05) is 41.7 Å². The molecule has 1 atom stereocenters. The number of aliphatic hydroxyl groups excluding tert-OH is 1. The van der Waals surface area contributed by atoms with Gasteiger partial charge in [-0.15, -0.1) is 0 Å². The molecule has 1 unspecified atom stereocenters. The molecule has 146 valence electrons. The first-order chi connectivity index (χ1) is 13.5. The molecule has 2 N–H and O–H groups in total. The highest BCUT2D eigenvalue weighted by Gasteiger charge is 2.15. The molecular formula is C21H23ClN4O2. The third kappa shape index (κ3) is 4.58. The Morgan fingerprint density at radius 1 is 1.25 bits per heavy atom. The summed E-state index contributed by atoms with van der Waals surface area (Å²) in [7, 11) is 0. The summed E-state index contributed by atoms with van der Waals surface area (Å²) < 4.78 is 1.92. The van der Waals surface area contributed by atoms with E-state index in [0.717, 1.165) is 35.5 Å². The molecule has 28 heavy (non-hydrogen) atoms. The van der Waals surface area contributed by atoms with E-state index in [4.69, 9.17) is 11.6 Å². The van der Waals surface area contributed by atoms with Crippen molar-refractivity contribution in [2.24, 2.45) is 0 Å². The number of amides is 1. The van der Waals surface area contributed by atoms with Crippen LogP contribution >= 0.6 is 11.6 Å². The van der Waals surface area contributed by atoms with Crippen molar-refractivity contribution in [2.45, 2.75) is 32.9 Å². The Morgan fingerprint density at radius 2 is 2.04 bits per heavy atom. The van der Waals surface area contributed by atoms with Crippen molar-refractivity contribution in [1.29, 1.82) is 0 Å². The Balaban J connectivity index is 2.09. The summed E-state index contributed by atoms with van der Waals surface area (Å²) in [5.74, 6) is -0.250. The van der Waals surface area contributed by atoms with Crippen molar-refractivity contribution in [1.82, 2.24) is 20.1 Å². The smallest absolute Gasteiger partial charge is 0.251 e. The first-order valence-electron chi connectivity index (χ1n) is 9.22. The van der Waals surface area contributed by atoms with Gasteiger partial charge >= 0.3 is 0 Å². The second-order valence-electron chi connectivity index (χ2n) is 6.66. The van der Waals surface area contributed by atoms with Crippen LogP contribution in [0.1, 0.15) is 30.6 Å². The number of nitrogens with zero attached hydrogens (tertiary/aromatic N) is 3. The number of rotatable bonds is 7. The maximum atomic E-state index is 12.7. The number of nitrogens with one attached hydrogen (secondary N) is 1. The Hall–Kier alpha value is -2.70. The summed E-state index contributed by atoms with van der Waals surface area (Å²) in [5, 5.41) is 17.0. The lowest BCUT2D eigenvalue weighted by Crippen LogP contribution is -2.35. The summed E-state index contributed by atoms with van der Waals surface area (Å²) in [5.41, 5.74) is 3.83. The highest BCUT2D eigenvalue weighted by atomic mass is 35.5. The van der Waals surface area contributed by atoms with Crippen LogP contribution < -0.4 is 5.32 Å². The molecule has 2 aromatic heterocycles. The molecule has 0 saturated heterocycles. The van der Waals surface area contributed by atoms with Gasteiger partial charge < -0.3 is 10.4 Å². The van der Waals surface area contributed by atoms with Crippen molar-refractivity contribution in [3.8, 4) is 22.5 Å². The largest absolute Gasteiger partial charge is 0.394 e. The Bertz CT molecular complexity index is 953. The summed E-state index contributed by atoms with van der Waals surface area (Å²) in [6.07, 6.45) is 4.29. The minimum atomic E-state index is -0.334. The fourth-order valence-electron chi connectivity index (χ4n) is 2.92. The van der Waals surface area contributed by atoms with Gasteiger partial charge in [-0.05, 0) is 49.7 Å². The summed E-state index contributed by atoms with van der Waals surface area (Å²) >= 11 is 5.96. The van der Waals surface area contributed by atoms with Gasteiger partial charge in [-0.25, -0.2) is 0 Å². The molecule has 3 aromatic rings. The summed E-state index contributed by atoms with van der Waals surface area (Å²) in [6, 6.07) is 10.8. The second kappa shape index (κ2) is 8.99. The second-order valence-corrected chi connectivity index (χ2v) is 7.09. The zero-order valence-corrected chi connectivity index (χ0v) is 16.6. The van der Waals surface area contributed by atoms with E-state index in [1.54, 1.807) is 31.5 Å². The van der Waals surface area contributed by atoms with Gasteiger partial charge in [0.15, 0.2) is 0 Å². The van der Waals surface area contributed by atoms with Crippen molar-refractivity contribution < 1.29 is 9.90 Å². The minimum Gasteiger partial charge on any atom is -0.394 e. The highest BCUT2D eigenvalue weighted by Crippen LogP contribution is 2.28. The minimum absolute atomic E-state index is 0.125. The van der Waals surface area contributed by atoms with Gasteiger partial charge in [-0.1, -0.05) is 18.5 Å². The molecule has 1 aromatic carbocycles. The Labute approximate surface area is 169 Å². The number of carbonyl (C=O) groups is 1. The van der Waals surface area contributed by atoms with Gasteiger partial charge in [-0.3, -0.25) is 14.5 Å². The Kier molecular flexibility index (Phi) is 6.44. The van der Waals surface area contributed by atoms with Gasteiger partial charge in [0.1, 0.15) is 0 Å². The number of aryl methyl sites for hydroxylation is 1. The Morgan fingerprint density at radius 3 is 2.71 bits per heavy atom. The van der Waals surface area contributed by atoms with Crippen LogP contribution in [0.3, 0.4) is 0 Å². The first-order valence-corrected chi connectivity index (χ1v) is 9.60. The van der Waals surface area contributed by atoms with Gasteiger partial charge in [-0.2, -0.15) is 5.10 Å². The van der Waals surface area contributed by atoms with Crippen LogP contribution in [0.15, 0.2) is 48.8 Å². The predicted octanol–water partition coefficient (Wildman–Crippen LogP) is 3.79. The number of hydrogen-bond acceptors (Lipinski definition) is 4.